The molecule has 2 N–H and O–H groups in total. The van der Waals surface area contributed by atoms with Crippen LogP contribution in [0.4, 0.5) is 11.6 Å². The van der Waals surface area contributed by atoms with Crippen LogP contribution in [0, 0.1) is 11.8 Å². The summed E-state index contributed by atoms with van der Waals surface area (Å²) in [6.07, 6.45) is 9.30. The molecule has 31 heavy (non-hydrogen) atoms. The number of piperidine rings is 1. The van der Waals surface area contributed by atoms with Crippen LogP contribution >= 0.6 is 0 Å². The van der Waals surface area contributed by atoms with E-state index in [4.69, 9.17) is 10.1 Å². The quantitative estimate of drug-likeness (QED) is 0.617. The molecule has 1 atom stereocenters. The molecule has 1 saturated heterocycles. The number of aromatic nitrogens is 1. The summed E-state index contributed by atoms with van der Waals surface area (Å²) in [7, 11) is 1.98. The summed E-state index contributed by atoms with van der Waals surface area (Å²) in [6.45, 7) is 5.24. The number of rotatable bonds is 9. The highest BCUT2D eigenvalue weighted by Crippen LogP contribution is 2.28. The minimum Gasteiger partial charge on any atom is -0.481 e. The molecule has 0 spiro atoms. The van der Waals surface area contributed by atoms with Crippen LogP contribution in [0.5, 0.6) is 0 Å². The van der Waals surface area contributed by atoms with E-state index in [1.807, 2.05) is 19.2 Å². The second-order valence-corrected chi connectivity index (χ2v) is 9.23. The molecule has 0 bridgehead atoms. The highest BCUT2D eigenvalue weighted by molar-refractivity contribution is 5.99. The number of carbonyl (C=O) groups excluding carboxylic acids is 1. The number of pyridine rings is 1. The number of amides is 1. The predicted octanol–water partition coefficient (Wildman–Crippen LogP) is 3.93. The first-order valence-electron chi connectivity index (χ1n) is 11.9. The first kappa shape index (κ1) is 23.4. The summed E-state index contributed by atoms with van der Waals surface area (Å²) in [6, 6.07) is 3.81. The van der Waals surface area contributed by atoms with Gasteiger partial charge in [-0.15, -0.1) is 0 Å². The Bertz CT molecular complexity index is 748. The van der Waals surface area contributed by atoms with Crippen molar-refractivity contribution in [2.45, 2.75) is 64.7 Å². The number of nitrogens with zero attached hydrogens (tertiary/aromatic N) is 3. The number of hydrogen-bond donors (Lipinski definition) is 2. The van der Waals surface area contributed by atoms with Crippen LogP contribution in [0.25, 0.3) is 0 Å². The Morgan fingerprint density at radius 3 is 2.61 bits per heavy atom. The molecule has 1 aliphatic carbocycles. The fourth-order valence-electron chi connectivity index (χ4n) is 4.93. The molecule has 3 rings (SSSR count). The second-order valence-electron chi connectivity index (χ2n) is 9.23. The maximum atomic E-state index is 13.0. The highest BCUT2D eigenvalue weighted by Gasteiger charge is 2.25. The fraction of sp³-hybridized carbons (Fsp3) is 0.708. The summed E-state index contributed by atoms with van der Waals surface area (Å²) in [5.41, 5.74) is 0.620. The number of anilines is 2. The number of aliphatic carboxylic acids is 1. The van der Waals surface area contributed by atoms with Crippen molar-refractivity contribution in [2.24, 2.45) is 11.8 Å². The maximum absolute atomic E-state index is 13.0. The van der Waals surface area contributed by atoms with Crippen LogP contribution in [0.3, 0.4) is 0 Å². The van der Waals surface area contributed by atoms with E-state index in [0.717, 1.165) is 44.7 Å². The summed E-state index contributed by atoms with van der Waals surface area (Å²) in [5.74, 6) is 1.47. The first-order chi connectivity index (χ1) is 15.0. The van der Waals surface area contributed by atoms with Crippen molar-refractivity contribution in [3.05, 3.63) is 17.7 Å². The van der Waals surface area contributed by atoms with Crippen molar-refractivity contribution < 1.29 is 14.7 Å². The van der Waals surface area contributed by atoms with Gasteiger partial charge in [0.15, 0.2) is 0 Å². The number of nitrogens with one attached hydrogen (secondary N) is 1. The van der Waals surface area contributed by atoms with Gasteiger partial charge in [-0.05, 0) is 56.1 Å². The van der Waals surface area contributed by atoms with Crippen LogP contribution < -0.4 is 15.1 Å². The van der Waals surface area contributed by atoms with E-state index >= 15 is 0 Å². The molecule has 0 aromatic carbocycles. The lowest BCUT2D eigenvalue weighted by Gasteiger charge is -2.34. The van der Waals surface area contributed by atoms with Crippen LogP contribution in [0.2, 0.25) is 0 Å². The van der Waals surface area contributed by atoms with Crippen molar-refractivity contribution >= 4 is 23.5 Å². The fourth-order valence-corrected chi connectivity index (χ4v) is 4.93. The van der Waals surface area contributed by atoms with Crippen LogP contribution in [0.15, 0.2) is 12.1 Å². The first-order valence-corrected chi connectivity index (χ1v) is 11.9. The van der Waals surface area contributed by atoms with E-state index in [-0.39, 0.29) is 18.2 Å². The third-order valence-corrected chi connectivity index (χ3v) is 6.61. The molecule has 7 heteroatoms. The van der Waals surface area contributed by atoms with Gasteiger partial charge < -0.3 is 20.2 Å². The zero-order valence-corrected chi connectivity index (χ0v) is 19.1. The minimum atomic E-state index is -0.742. The zero-order chi connectivity index (χ0) is 22.2. The molecule has 0 unspecified atom stereocenters. The van der Waals surface area contributed by atoms with Gasteiger partial charge in [0.2, 0.25) is 0 Å². The molecule has 1 saturated carbocycles. The van der Waals surface area contributed by atoms with Crippen LogP contribution in [0.1, 0.15) is 75.1 Å². The van der Waals surface area contributed by atoms with E-state index in [0.29, 0.717) is 23.8 Å². The molecule has 1 aliphatic heterocycles. The molecular formula is C24H38N4O3. The van der Waals surface area contributed by atoms with Gasteiger partial charge in [-0.25, -0.2) is 4.98 Å². The summed E-state index contributed by atoms with van der Waals surface area (Å²) >= 11 is 0. The smallest absolute Gasteiger partial charge is 0.303 e. The summed E-state index contributed by atoms with van der Waals surface area (Å²) in [5, 5.41) is 12.3. The SMILES string of the molecule is CCCN(C)c1nc(N2CCC[C@@H](CC(=O)O)C2)ccc1C(=O)NCC1CCCCC1. The van der Waals surface area contributed by atoms with Gasteiger partial charge in [0.1, 0.15) is 11.6 Å². The Labute approximate surface area is 186 Å². The highest BCUT2D eigenvalue weighted by atomic mass is 16.4. The van der Waals surface area contributed by atoms with Gasteiger partial charge in [0.05, 0.1) is 5.56 Å². The van der Waals surface area contributed by atoms with Gasteiger partial charge in [0.25, 0.3) is 5.91 Å². The summed E-state index contributed by atoms with van der Waals surface area (Å²) < 4.78 is 0. The number of hydrogen-bond acceptors (Lipinski definition) is 5. The van der Waals surface area contributed by atoms with E-state index in [2.05, 4.69) is 22.0 Å². The predicted molar refractivity (Wildman–Crippen MR) is 124 cm³/mol. The summed E-state index contributed by atoms with van der Waals surface area (Å²) in [4.78, 5) is 33.3. The molecule has 1 aromatic heterocycles. The van der Waals surface area contributed by atoms with Crippen LogP contribution in [-0.4, -0.2) is 55.2 Å². The Balaban J connectivity index is 1.74. The van der Waals surface area contributed by atoms with E-state index in [1.54, 1.807) is 0 Å². The van der Waals surface area contributed by atoms with Crippen LogP contribution in [-0.2, 0) is 4.79 Å². The molecule has 7 nitrogen and oxygen atoms in total. The monoisotopic (exact) mass is 430 g/mol. The number of carbonyl (C=O) groups is 2. The Morgan fingerprint density at radius 2 is 1.90 bits per heavy atom. The standard InChI is InChI=1S/C24H38N4O3/c1-3-13-27(2)23-20(24(31)25-16-18-8-5-4-6-9-18)11-12-21(26-23)28-14-7-10-19(17-28)15-22(29)30/h11-12,18-19H,3-10,13-17H2,1-2H3,(H,25,31)(H,29,30)/t19-/m0/s1. The third kappa shape index (κ3) is 6.58. The molecule has 172 valence electrons. The van der Waals surface area contributed by atoms with Crippen molar-refractivity contribution in [1.29, 1.82) is 0 Å². The van der Waals surface area contributed by atoms with E-state index < -0.39 is 5.97 Å². The van der Waals surface area contributed by atoms with Gasteiger partial charge >= 0.3 is 5.97 Å². The molecule has 2 fully saturated rings. The number of carboxylic acids is 1. The maximum Gasteiger partial charge on any atom is 0.303 e. The molecule has 1 aromatic rings. The van der Waals surface area contributed by atoms with E-state index in [1.165, 1.54) is 32.1 Å². The van der Waals surface area contributed by atoms with Gasteiger partial charge in [-0.3, -0.25) is 9.59 Å². The average molecular weight is 431 g/mol. The third-order valence-electron chi connectivity index (χ3n) is 6.61. The van der Waals surface area contributed by atoms with Gasteiger partial charge in [-0.1, -0.05) is 26.2 Å². The van der Waals surface area contributed by atoms with E-state index in [9.17, 15) is 9.59 Å². The Morgan fingerprint density at radius 1 is 1.16 bits per heavy atom. The zero-order valence-electron chi connectivity index (χ0n) is 19.1. The van der Waals surface area contributed by atoms with Gasteiger partial charge in [0, 0.05) is 39.6 Å². The largest absolute Gasteiger partial charge is 0.481 e. The molecule has 2 aliphatic rings. The molecule has 0 radical (unpaired) electrons. The van der Waals surface area contributed by atoms with Crippen molar-refractivity contribution in [1.82, 2.24) is 10.3 Å². The minimum absolute atomic E-state index is 0.0509. The Kier molecular flexibility index (Phi) is 8.55. The Hall–Kier alpha value is -2.31. The lowest BCUT2D eigenvalue weighted by atomic mass is 9.89. The van der Waals surface area contributed by atoms with Gasteiger partial charge in [-0.2, -0.15) is 0 Å². The molecular weight excluding hydrogens is 392 g/mol. The van der Waals surface area contributed by atoms with Crippen molar-refractivity contribution in [3.63, 3.8) is 0 Å². The van der Waals surface area contributed by atoms with Crippen molar-refractivity contribution in [3.8, 4) is 0 Å². The molecule has 1 amide bonds. The second kappa shape index (κ2) is 11.3. The normalized spacial score (nSPS) is 19.8. The average Bonchev–Trinajstić information content (AvgIpc) is 2.77. The van der Waals surface area contributed by atoms with Crippen molar-refractivity contribution in [2.75, 3.05) is 43.0 Å². The number of carboxylic acid groups (broad SMARTS) is 1. The lowest BCUT2D eigenvalue weighted by molar-refractivity contribution is -0.138. The molecule has 2 heterocycles. The lowest BCUT2D eigenvalue weighted by Crippen LogP contribution is -2.37. The topological polar surface area (TPSA) is 85.8 Å².